The van der Waals surface area contributed by atoms with E-state index in [2.05, 4.69) is 31.2 Å². The van der Waals surface area contributed by atoms with E-state index in [9.17, 15) is 0 Å². The van der Waals surface area contributed by atoms with Crippen molar-refractivity contribution in [3.63, 3.8) is 0 Å². The quantitative estimate of drug-likeness (QED) is 0.576. The molecular formula is C12H17NO. The van der Waals surface area contributed by atoms with E-state index >= 15 is 0 Å². The molecule has 0 unspecified atom stereocenters. The van der Waals surface area contributed by atoms with Crippen LogP contribution >= 0.6 is 0 Å². The van der Waals surface area contributed by atoms with Crippen molar-refractivity contribution in [2.24, 2.45) is 0 Å². The van der Waals surface area contributed by atoms with Crippen LogP contribution < -0.4 is 0 Å². The first kappa shape index (κ1) is 10.8. The third kappa shape index (κ3) is 3.21. The molecule has 76 valence electrons. The molecule has 1 N–H and O–H groups in total. The fourth-order valence-electron chi connectivity index (χ4n) is 1.30. The maximum absolute atomic E-state index is 7.50. The van der Waals surface area contributed by atoms with Gasteiger partial charge < -0.3 is 4.74 Å². The Hall–Kier alpha value is -1.31. The number of nitrogens with one attached hydrogen (secondary N) is 1. The molecule has 0 saturated carbocycles. The summed E-state index contributed by atoms with van der Waals surface area (Å²) in [5.74, 6) is 0.344. The van der Waals surface area contributed by atoms with E-state index in [0.29, 0.717) is 18.9 Å². The number of ether oxygens (including phenoxy) is 1. The van der Waals surface area contributed by atoms with E-state index < -0.39 is 0 Å². The van der Waals surface area contributed by atoms with Crippen LogP contribution in [0.25, 0.3) is 0 Å². The van der Waals surface area contributed by atoms with Crippen LogP contribution in [0.4, 0.5) is 0 Å². The van der Waals surface area contributed by atoms with Crippen LogP contribution in [0.3, 0.4) is 0 Å². The molecule has 0 fully saturated rings. The topological polar surface area (TPSA) is 33.1 Å². The molecule has 0 aliphatic heterocycles. The third-order valence-electron chi connectivity index (χ3n) is 2.11. The van der Waals surface area contributed by atoms with Gasteiger partial charge in [-0.05, 0) is 24.5 Å². The minimum absolute atomic E-state index is 0.344. The predicted molar refractivity (Wildman–Crippen MR) is 58.9 cm³/mol. The van der Waals surface area contributed by atoms with Crippen LogP contribution in [0.5, 0.6) is 0 Å². The molecule has 0 aliphatic rings. The second-order valence-electron chi connectivity index (χ2n) is 3.20. The zero-order valence-electron chi connectivity index (χ0n) is 8.84. The van der Waals surface area contributed by atoms with Gasteiger partial charge in [0.1, 0.15) is 0 Å². The third-order valence-corrected chi connectivity index (χ3v) is 2.11. The Kier molecular flexibility index (Phi) is 4.17. The first-order valence-electron chi connectivity index (χ1n) is 5.04. The highest BCUT2D eigenvalue weighted by atomic mass is 16.5. The van der Waals surface area contributed by atoms with Crippen molar-refractivity contribution in [1.82, 2.24) is 0 Å². The minimum atomic E-state index is 0.344. The summed E-state index contributed by atoms with van der Waals surface area (Å²) in [4.78, 5) is 0. The normalized spacial score (nSPS) is 9.86. The van der Waals surface area contributed by atoms with E-state index in [-0.39, 0.29) is 0 Å². The number of hydrogen-bond donors (Lipinski definition) is 1. The van der Waals surface area contributed by atoms with Gasteiger partial charge >= 0.3 is 0 Å². The van der Waals surface area contributed by atoms with Crippen molar-refractivity contribution in [3.05, 3.63) is 35.4 Å². The van der Waals surface area contributed by atoms with Gasteiger partial charge in [-0.3, -0.25) is 5.41 Å². The Labute approximate surface area is 85.4 Å². The van der Waals surface area contributed by atoms with E-state index in [1.54, 1.807) is 0 Å². The molecule has 0 heterocycles. The molecule has 0 aromatic heterocycles. The number of rotatable bonds is 4. The molecule has 0 radical (unpaired) electrons. The number of hydrogen-bond acceptors (Lipinski definition) is 2. The van der Waals surface area contributed by atoms with Crippen LogP contribution in [-0.2, 0) is 17.6 Å². The van der Waals surface area contributed by atoms with Crippen LogP contribution in [0.1, 0.15) is 25.0 Å². The molecule has 14 heavy (non-hydrogen) atoms. The molecule has 0 atom stereocenters. The molecular weight excluding hydrogens is 174 g/mol. The van der Waals surface area contributed by atoms with Crippen molar-refractivity contribution in [1.29, 1.82) is 5.41 Å². The Morgan fingerprint density at radius 2 is 1.71 bits per heavy atom. The van der Waals surface area contributed by atoms with Crippen molar-refractivity contribution < 1.29 is 4.74 Å². The van der Waals surface area contributed by atoms with Gasteiger partial charge in [-0.2, -0.15) is 0 Å². The largest absolute Gasteiger partial charge is 0.481 e. The van der Waals surface area contributed by atoms with Crippen molar-refractivity contribution >= 4 is 5.90 Å². The molecule has 1 rings (SSSR count). The summed E-state index contributed by atoms with van der Waals surface area (Å²) in [6.45, 7) is 4.61. The molecule has 2 heteroatoms. The lowest BCUT2D eigenvalue weighted by molar-refractivity contribution is 0.317. The summed E-state index contributed by atoms with van der Waals surface area (Å²) < 4.78 is 5.09. The lowest BCUT2D eigenvalue weighted by Gasteiger charge is -2.05. The molecule has 0 spiro atoms. The van der Waals surface area contributed by atoms with Gasteiger partial charge in [0.05, 0.1) is 6.61 Å². The first-order chi connectivity index (χ1) is 6.76. The van der Waals surface area contributed by atoms with Crippen LogP contribution in [0.15, 0.2) is 24.3 Å². The fourth-order valence-corrected chi connectivity index (χ4v) is 1.30. The lowest BCUT2D eigenvalue weighted by atomic mass is 10.1. The second kappa shape index (κ2) is 5.43. The van der Waals surface area contributed by atoms with Gasteiger partial charge in [0.2, 0.25) is 0 Å². The summed E-state index contributed by atoms with van der Waals surface area (Å²) in [6, 6.07) is 8.34. The molecule has 1 aromatic carbocycles. The Morgan fingerprint density at radius 1 is 1.14 bits per heavy atom. The molecule has 0 saturated heterocycles. The maximum atomic E-state index is 7.50. The molecule has 2 nitrogen and oxygen atoms in total. The van der Waals surface area contributed by atoms with E-state index in [4.69, 9.17) is 10.1 Å². The highest BCUT2D eigenvalue weighted by Crippen LogP contribution is 2.06. The van der Waals surface area contributed by atoms with E-state index in [1.807, 2.05) is 6.92 Å². The van der Waals surface area contributed by atoms with Gasteiger partial charge in [-0.1, -0.05) is 31.2 Å². The van der Waals surface area contributed by atoms with Crippen LogP contribution in [-0.4, -0.2) is 12.5 Å². The van der Waals surface area contributed by atoms with Crippen molar-refractivity contribution in [3.8, 4) is 0 Å². The van der Waals surface area contributed by atoms with Crippen molar-refractivity contribution in [2.75, 3.05) is 6.61 Å². The highest BCUT2D eigenvalue weighted by Gasteiger charge is 1.99. The number of benzene rings is 1. The summed E-state index contributed by atoms with van der Waals surface area (Å²) in [5.41, 5.74) is 2.47. The summed E-state index contributed by atoms with van der Waals surface area (Å²) in [7, 11) is 0. The molecule has 0 amide bonds. The Morgan fingerprint density at radius 3 is 2.21 bits per heavy atom. The molecule has 0 bridgehead atoms. The zero-order valence-corrected chi connectivity index (χ0v) is 8.84. The summed E-state index contributed by atoms with van der Waals surface area (Å²) in [6.07, 6.45) is 1.65. The second-order valence-corrected chi connectivity index (χ2v) is 3.20. The minimum Gasteiger partial charge on any atom is -0.481 e. The van der Waals surface area contributed by atoms with Gasteiger partial charge in [-0.15, -0.1) is 0 Å². The first-order valence-corrected chi connectivity index (χ1v) is 5.04. The van der Waals surface area contributed by atoms with Gasteiger partial charge in [0.25, 0.3) is 0 Å². The zero-order chi connectivity index (χ0) is 10.4. The maximum Gasteiger partial charge on any atom is 0.184 e. The fraction of sp³-hybridized carbons (Fsp3) is 0.417. The molecule has 0 aliphatic carbocycles. The smallest absolute Gasteiger partial charge is 0.184 e. The van der Waals surface area contributed by atoms with Gasteiger partial charge in [-0.25, -0.2) is 0 Å². The predicted octanol–water partition coefficient (Wildman–Crippen LogP) is 2.81. The lowest BCUT2D eigenvalue weighted by Crippen LogP contribution is -2.06. The van der Waals surface area contributed by atoms with Gasteiger partial charge in [0.15, 0.2) is 5.90 Å². The molecule has 1 aromatic rings. The van der Waals surface area contributed by atoms with Crippen LogP contribution in [0.2, 0.25) is 0 Å². The van der Waals surface area contributed by atoms with Gasteiger partial charge in [0, 0.05) is 6.42 Å². The van der Waals surface area contributed by atoms with Crippen molar-refractivity contribution in [2.45, 2.75) is 26.7 Å². The van der Waals surface area contributed by atoms with E-state index in [1.165, 1.54) is 5.56 Å². The Balaban J connectivity index is 2.55. The summed E-state index contributed by atoms with van der Waals surface area (Å²) in [5, 5.41) is 7.50. The highest BCUT2D eigenvalue weighted by molar-refractivity contribution is 5.75. The average Bonchev–Trinajstić information content (AvgIpc) is 2.19. The Bertz CT molecular complexity index is 290. The SMILES string of the molecule is CCOC(=N)Cc1ccc(CC)cc1. The van der Waals surface area contributed by atoms with Crippen LogP contribution in [0, 0.1) is 5.41 Å². The standard InChI is InChI=1S/C12H17NO/c1-3-10-5-7-11(8-6-10)9-12(13)14-4-2/h5-8,13H,3-4,9H2,1-2H3. The van der Waals surface area contributed by atoms with E-state index in [0.717, 1.165) is 12.0 Å². The number of aryl methyl sites for hydroxylation is 1. The average molecular weight is 191 g/mol. The summed E-state index contributed by atoms with van der Waals surface area (Å²) >= 11 is 0. The monoisotopic (exact) mass is 191 g/mol.